The number of hydrogen-bond donors (Lipinski definition) is 0. The third-order valence-electron chi connectivity index (χ3n) is 10.1. The molecule has 2 nitrogen and oxygen atoms in total. The Morgan fingerprint density at radius 3 is 1.28 bits per heavy atom. The van der Waals surface area contributed by atoms with Gasteiger partial charge in [0.15, 0.2) is 0 Å². The smallest absolute Gasteiger partial charge is 0.0444 e. The van der Waals surface area contributed by atoms with Crippen LogP contribution >= 0.6 is 0 Å². The standard InChI is InChI=1S/C44H36N2/c1-29-13-19-41-33(25-29)21-23-45(41)35-15-17-37-39(27-35)43(31-9-5-3-6-10-31)38-18-16-36(28-40(38)44(37)32-11-7-4-8-12-32)46-24-22-34-26-30(2)14-20-42(34)46/h3-20,25-28H,21-24H2,1-2H3. The van der Waals surface area contributed by atoms with E-state index in [1.807, 2.05) is 0 Å². The first-order chi connectivity index (χ1) is 22.6. The van der Waals surface area contributed by atoms with E-state index in [2.05, 4.69) is 157 Å². The third kappa shape index (κ3) is 4.32. The number of fused-ring (bicyclic) bond motifs is 4. The first-order valence-corrected chi connectivity index (χ1v) is 16.5. The highest BCUT2D eigenvalue weighted by atomic mass is 15.2. The van der Waals surface area contributed by atoms with Gasteiger partial charge in [0.05, 0.1) is 0 Å². The Hall–Kier alpha value is -5.34. The van der Waals surface area contributed by atoms with Crippen molar-refractivity contribution in [2.45, 2.75) is 26.7 Å². The van der Waals surface area contributed by atoms with Gasteiger partial charge in [0.2, 0.25) is 0 Å². The summed E-state index contributed by atoms with van der Waals surface area (Å²) in [6.45, 7) is 6.39. The normalized spacial score (nSPS) is 13.9. The highest BCUT2D eigenvalue weighted by Gasteiger charge is 2.25. The van der Waals surface area contributed by atoms with Crippen molar-refractivity contribution >= 4 is 44.3 Å². The van der Waals surface area contributed by atoms with Crippen LogP contribution in [0.2, 0.25) is 0 Å². The molecule has 0 saturated heterocycles. The molecule has 9 rings (SSSR count). The molecular formula is C44H36N2. The molecule has 0 unspecified atom stereocenters. The average molecular weight is 593 g/mol. The van der Waals surface area contributed by atoms with Gasteiger partial charge in [-0.3, -0.25) is 0 Å². The van der Waals surface area contributed by atoms with E-state index >= 15 is 0 Å². The van der Waals surface area contributed by atoms with E-state index in [9.17, 15) is 0 Å². The van der Waals surface area contributed by atoms with Crippen LogP contribution in [-0.2, 0) is 12.8 Å². The zero-order valence-corrected chi connectivity index (χ0v) is 26.4. The fourth-order valence-corrected chi connectivity index (χ4v) is 7.97. The summed E-state index contributed by atoms with van der Waals surface area (Å²) in [6, 6.07) is 50.1. The van der Waals surface area contributed by atoms with Crippen molar-refractivity contribution in [3.63, 3.8) is 0 Å². The fourth-order valence-electron chi connectivity index (χ4n) is 7.97. The monoisotopic (exact) mass is 592 g/mol. The molecule has 2 heteroatoms. The SMILES string of the molecule is Cc1ccc2c(c1)CCN2c1ccc2c(-c3ccccc3)c3cc(N4CCc5cc(C)ccc54)ccc3c(-c3ccccc3)c2c1. The van der Waals surface area contributed by atoms with Crippen molar-refractivity contribution in [3.8, 4) is 22.3 Å². The molecule has 0 bridgehead atoms. The molecule has 0 amide bonds. The number of rotatable bonds is 4. The van der Waals surface area contributed by atoms with E-state index < -0.39 is 0 Å². The van der Waals surface area contributed by atoms with Gasteiger partial charge in [-0.15, -0.1) is 0 Å². The predicted octanol–water partition coefficient (Wildman–Crippen LogP) is 11.3. The van der Waals surface area contributed by atoms with Crippen LogP contribution in [0.1, 0.15) is 22.3 Å². The van der Waals surface area contributed by atoms with Crippen LogP contribution in [0.15, 0.2) is 133 Å². The third-order valence-corrected chi connectivity index (χ3v) is 10.1. The Bertz CT molecular complexity index is 2120. The van der Waals surface area contributed by atoms with Gasteiger partial charge in [-0.05, 0) is 118 Å². The second kappa shape index (κ2) is 10.6. The molecule has 46 heavy (non-hydrogen) atoms. The molecule has 0 spiro atoms. The number of hydrogen-bond acceptors (Lipinski definition) is 2. The zero-order chi connectivity index (χ0) is 30.8. The van der Waals surface area contributed by atoms with Crippen molar-refractivity contribution in [1.29, 1.82) is 0 Å². The topological polar surface area (TPSA) is 6.48 Å². The van der Waals surface area contributed by atoms with E-state index in [0.29, 0.717) is 0 Å². The van der Waals surface area contributed by atoms with Crippen molar-refractivity contribution in [2.24, 2.45) is 0 Å². The van der Waals surface area contributed by atoms with Gasteiger partial charge in [0.1, 0.15) is 0 Å². The summed E-state index contributed by atoms with van der Waals surface area (Å²) in [7, 11) is 0. The van der Waals surface area contributed by atoms with Crippen LogP contribution in [0.4, 0.5) is 22.7 Å². The molecule has 7 aromatic carbocycles. The van der Waals surface area contributed by atoms with E-state index in [1.165, 1.54) is 88.8 Å². The van der Waals surface area contributed by atoms with Crippen molar-refractivity contribution in [1.82, 2.24) is 0 Å². The van der Waals surface area contributed by atoms with E-state index in [-0.39, 0.29) is 0 Å². The lowest BCUT2D eigenvalue weighted by Crippen LogP contribution is -2.13. The summed E-state index contributed by atoms with van der Waals surface area (Å²) < 4.78 is 0. The van der Waals surface area contributed by atoms with Gasteiger partial charge in [0, 0.05) is 35.8 Å². The van der Waals surface area contributed by atoms with Crippen LogP contribution in [0.25, 0.3) is 43.8 Å². The van der Waals surface area contributed by atoms with Crippen molar-refractivity contribution in [2.75, 3.05) is 22.9 Å². The maximum atomic E-state index is 2.50. The lowest BCUT2D eigenvalue weighted by atomic mass is 9.85. The van der Waals surface area contributed by atoms with Gasteiger partial charge in [-0.2, -0.15) is 0 Å². The average Bonchev–Trinajstić information content (AvgIpc) is 3.71. The Kier molecular flexibility index (Phi) is 6.24. The molecule has 0 atom stereocenters. The van der Waals surface area contributed by atoms with Crippen LogP contribution in [0.5, 0.6) is 0 Å². The molecule has 2 aliphatic heterocycles. The maximum absolute atomic E-state index is 2.50. The van der Waals surface area contributed by atoms with E-state index in [4.69, 9.17) is 0 Å². The van der Waals surface area contributed by atoms with Crippen molar-refractivity contribution < 1.29 is 0 Å². The van der Waals surface area contributed by atoms with Crippen LogP contribution in [0, 0.1) is 13.8 Å². The number of benzene rings is 7. The molecule has 0 aromatic heterocycles. The van der Waals surface area contributed by atoms with Gasteiger partial charge >= 0.3 is 0 Å². The second-order valence-electron chi connectivity index (χ2n) is 13.0. The molecule has 0 N–H and O–H groups in total. The molecule has 0 saturated carbocycles. The number of anilines is 4. The highest BCUT2D eigenvalue weighted by molar-refractivity contribution is 6.22. The molecule has 2 heterocycles. The zero-order valence-electron chi connectivity index (χ0n) is 26.4. The van der Waals surface area contributed by atoms with Gasteiger partial charge < -0.3 is 9.80 Å². The maximum Gasteiger partial charge on any atom is 0.0444 e. The molecule has 2 aliphatic rings. The summed E-state index contributed by atoms with van der Waals surface area (Å²) in [5.41, 5.74) is 15.8. The fraction of sp³-hybridized carbons (Fsp3) is 0.136. The largest absolute Gasteiger partial charge is 0.341 e. The lowest BCUT2D eigenvalue weighted by Gasteiger charge is -2.25. The van der Waals surface area contributed by atoms with Gasteiger partial charge in [-0.1, -0.05) is 108 Å². The van der Waals surface area contributed by atoms with E-state index in [0.717, 1.165) is 25.9 Å². The summed E-state index contributed by atoms with van der Waals surface area (Å²) in [5, 5.41) is 5.18. The minimum atomic E-state index is 1.00. The predicted molar refractivity (Wildman–Crippen MR) is 196 cm³/mol. The Morgan fingerprint density at radius 1 is 0.413 bits per heavy atom. The van der Waals surface area contributed by atoms with E-state index in [1.54, 1.807) is 0 Å². The first kappa shape index (κ1) is 27.0. The van der Waals surface area contributed by atoms with Crippen LogP contribution < -0.4 is 9.80 Å². The molecule has 222 valence electrons. The first-order valence-electron chi connectivity index (χ1n) is 16.5. The summed E-state index contributed by atoms with van der Waals surface area (Å²) in [6.07, 6.45) is 2.16. The summed E-state index contributed by atoms with van der Waals surface area (Å²) in [5.74, 6) is 0. The Morgan fingerprint density at radius 2 is 0.848 bits per heavy atom. The Balaban J connectivity index is 1.33. The second-order valence-corrected chi connectivity index (χ2v) is 13.0. The quantitative estimate of drug-likeness (QED) is 0.188. The minimum Gasteiger partial charge on any atom is -0.341 e. The Labute approximate surface area is 271 Å². The summed E-state index contributed by atoms with van der Waals surface area (Å²) >= 11 is 0. The molecule has 0 fully saturated rings. The highest BCUT2D eigenvalue weighted by Crippen LogP contribution is 2.47. The molecule has 0 radical (unpaired) electrons. The van der Waals surface area contributed by atoms with Gasteiger partial charge in [0.25, 0.3) is 0 Å². The van der Waals surface area contributed by atoms with Crippen LogP contribution in [-0.4, -0.2) is 13.1 Å². The lowest BCUT2D eigenvalue weighted by molar-refractivity contribution is 0.999. The molecular weight excluding hydrogens is 556 g/mol. The minimum absolute atomic E-state index is 1.00. The van der Waals surface area contributed by atoms with Crippen LogP contribution in [0.3, 0.4) is 0 Å². The number of nitrogens with zero attached hydrogens (tertiary/aromatic N) is 2. The summed E-state index contributed by atoms with van der Waals surface area (Å²) in [4.78, 5) is 5.01. The molecule has 0 aliphatic carbocycles. The number of aryl methyl sites for hydroxylation is 2. The van der Waals surface area contributed by atoms with Crippen molar-refractivity contribution in [3.05, 3.63) is 156 Å². The molecule has 7 aromatic rings. The van der Waals surface area contributed by atoms with Gasteiger partial charge in [-0.25, -0.2) is 0 Å².